The third-order valence-corrected chi connectivity index (χ3v) is 2.42. The summed E-state index contributed by atoms with van der Waals surface area (Å²) in [6.07, 6.45) is 2.83. The first kappa shape index (κ1) is 10.6. The second kappa shape index (κ2) is 4.33. The highest BCUT2D eigenvalue weighted by Crippen LogP contribution is 2.21. The molecule has 0 saturated heterocycles. The van der Waals surface area contributed by atoms with Crippen molar-refractivity contribution in [3.05, 3.63) is 47.1 Å². The van der Waals surface area contributed by atoms with Gasteiger partial charge in [0.2, 0.25) is 5.91 Å². The molecular weight excluding hydrogens is 224 g/mol. The van der Waals surface area contributed by atoms with Crippen molar-refractivity contribution in [1.82, 2.24) is 4.98 Å². The van der Waals surface area contributed by atoms with Crippen molar-refractivity contribution in [2.45, 2.75) is 0 Å². The van der Waals surface area contributed by atoms with Gasteiger partial charge in [-0.2, -0.15) is 0 Å². The number of primary amides is 1. The second-order valence-corrected chi connectivity index (χ2v) is 3.69. The molecule has 0 saturated carbocycles. The number of amides is 1. The Hall–Kier alpha value is -1.87. The van der Waals surface area contributed by atoms with E-state index in [0.29, 0.717) is 10.7 Å². The molecule has 0 aliphatic rings. The summed E-state index contributed by atoms with van der Waals surface area (Å²) >= 11 is 6.01. The fraction of sp³-hybridized carbons (Fsp3) is 0. The third kappa shape index (κ3) is 2.20. The molecule has 16 heavy (non-hydrogen) atoms. The van der Waals surface area contributed by atoms with Crippen LogP contribution in [-0.2, 0) is 4.79 Å². The average Bonchev–Trinajstić information content (AvgIpc) is 2.27. The molecule has 2 N–H and O–H groups in total. The highest BCUT2D eigenvalue weighted by atomic mass is 35.5. The summed E-state index contributed by atoms with van der Waals surface area (Å²) in [7, 11) is 0. The minimum atomic E-state index is -0.499. The van der Waals surface area contributed by atoms with Crippen LogP contribution < -0.4 is 5.73 Å². The van der Waals surface area contributed by atoms with Gasteiger partial charge in [0.15, 0.2) is 0 Å². The van der Waals surface area contributed by atoms with Crippen LogP contribution in [0.15, 0.2) is 36.4 Å². The summed E-state index contributed by atoms with van der Waals surface area (Å²) < 4.78 is 0. The van der Waals surface area contributed by atoms with Crippen molar-refractivity contribution in [1.29, 1.82) is 0 Å². The standard InChI is InChI=1S/C12H9ClN2O/c13-10-3-1-2-8-4-5-9(15-12(8)10)6-7-11(14)16/h1-7H,(H2,14,16)/b7-6-. The molecule has 0 bridgehead atoms. The number of para-hydroxylation sites is 1. The van der Waals surface area contributed by atoms with E-state index in [0.717, 1.165) is 10.9 Å². The number of nitrogens with two attached hydrogens (primary N) is 1. The van der Waals surface area contributed by atoms with Gasteiger partial charge in [-0.1, -0.05) is 29.8 Å². The molecule has 0 unspecified atom stereocenters. The van der Waals surface area contributed by atoms with E-state index in [1.165, 1.54) is 6.08 Å². The SMILES string of the molecule is NC(=O)/C=C\c1ccc2cccc(Cl)c2n1. The van der Waals surface area contributed by atoms with Crippen LogP contribution in [0.3, 0.4) is 0 Å². The number of carbonyl (C=O) groups excluding carboxylic acids is 1. The number of hydrogen-bond donors (Lipinski definition) is 1. The number of halogens is 1. The molecule has 0 radical (unpaired) electrons. The van der Waals surface area contributed by atoms with E-state index in [1.54, 1.807) is 18.2 Å². The van der Waals surface area contributed by atoms with Crippen molar-refractivity contribution in [3.63, 3.8) is 0 Å². The van der Waals surface area contributed by atoms with Crippen LogP contribution in [0.5, 0.6) is 0 Å². The Kier molecular flexibility index (Phi) is 2.88. The minimum absolute atomic E-state index is 0.499. The largest absolute Gasteiger partial charge is 0.366 e. The van der Waals surface area contributed by atoms with Gasteiger partial charge in [0.05, 0.1) is 16.2 Å². The number of fused-ring (bicyclic) bond motifs is 1. The number of carbonyl (C=O) groups is 1. The van der Waals surface area contributed by atoms with E-state index in [-0.39, 0.29) is 0 Å². The molecule has 0 atom stereocenters. The van der Waals surface area contributed by atoms with Crippen LogP contribution in [0.4, 0.5) is 0 Å². The Morgan fingerprint density at radius 1 is 1.31 bits per heavy atom. The summed E-state index contributed by atoms with van der Waals surface area (Å²) in [5.41, 5.74) is 6.37. The van der Waals surface area contributed by atoms with Gasteiger partial charge in [0.1, 0.15) is 0 Å². The number of rotatable bonds is 2. The average molecular weight is 233 g/mol. The Balaban J connectivity index is 2.51. The molecular formula is C12H9ClN2O. The smallest absolute Gasteiger partial charge is 0.241 e. The first-order valence-electron chi connectivity index (χ1n) is 4.69. The van der Waals surface area contributed by atoms with Gasteiger partial charge in [0.25, 0.3) is 0 Å². The Labute approximate surface area is 97.5 Å². The fourth-order valence-corrected chi connectivity index (χ4v) is 1.61. The monoisotopic (exact) mass is 232 g/mol. The van der Waals surface area contributed by atoms with Crippen molar-refractivity contribution in [3.8, 4) is 0 Å². The van der Waals surface area contributed by atoms with Crippen molar-refractivity contribution < 1.29 is 4.79 Å². The number of benzene rings is 1. The highest BCUT2D eigenvalue weighted by Gasteiger charge is 2.00. The van der Waals surface area contributed by atoms with Crippen molar-refractivity contribution >= 4 is 34.5 Å². The molecule has 0 fully saturated rings. The normalized spacial score (nSPS) is 11.1. The van der Waals surface area contributed by atoms with Gasteiger partial charge in [-0.15, -0.1) is 0 Å². The lowest BCUT2D eigenvalue weighted by Gasteiger charge is -2.00. The number of pyridine rings is 1. The molecule has 1 heterocycles. The first-order valence-corrected chi connectivity index (χ1v) is 5.07. The lowest BCUT2D eigenvalue weighted by molar-refractivity contribution is -0.113. The van der Waals surface area contributed by atoms with Gasteiger partial charge in [-0.05, 0) is 18.2 Å². The Bertz CT molecular complexity index is 578. The predicted octanol–water partition coefficient (Wildman–Crippen LogP) is 2.39. The Morgan fingerprint density at radius 3 is 2.88 bits per heavy atom. The molecule has 1 amide bonds. The molecule has 3 nitrogen and oxygen atoms in total. The van der Waals surface area contributed by atoms with Crippen LogP contribution >= 0.6 is 11.6 Å². The predicted molar refractivity (Wildman–Crippen MR) is 65.0 cm³/mol. The molecule has 2 aromatic rings. The van der Waals surface area contributed by atoms with Gasteiger partial charge < -0.3 is 5.73 Å². The van der Waals surface area contributed by atoms with Crippen LogP contribution in [0.25, 0.3) is 17.0 Å². The summed E-state index contributed by atoms with van der Waals surface area (Å²) in [5, 5.41) is 1.55. The van der Waals surface area contributed by atoms with Crippen LogP contribution in [0.1, 0.15) is 5.69 Å². The zero-order valence-corrected chi connectivity index (χ0v) is 9.11. The van der Waals surface area contributed by atoms with Crippen LogP contribution in [0.2, 0.25) is 5.02 Å². The molecule has 1 aromatic heterocycles. The van der Waals surface area contributed by atoms with Crippen molar-refractivity contribution in [2.75, 3.05) is 0 Å². The zero-order valence-electron chi connectivity index (χ0n) is 8.35. The van der Waals surface area contributed by atoms with Gasteiger partial charge >= 0.3 is 0 Å². The molecule has 80 valence electrons. The quantitative estimate of drug-likeness (QED) is 0.809. The molecule has 2 rings (SSSR count). The summed E-state index contributed by atoms with van der Waals surface area (Å²) in [6.45, 7) is 0. The van der Waals surface area contributed by atoms with E-state index in [9.17, 15) is 4.79 Å². The van der Waals surface area contributed by atoms with Gasteiger partial charge in [0, 0.05) is 11.5 Å². The molecule has 1 aromatic carbocycles. The lowest BCUT2D eigenvalue weighted by Crippen LogP contribution is -2.05. The van der Waals surface area contributed by atoms with E-state index in [1.807, 2.05) is 18.2 Å². The van der Waals surface area contributed by atoms with E-state index in [2.05, 4.69) is 4.98 Å². The fourth-order valence-electron chi connectivity index (χ4n) is 1.39. The summed E-state index contributed by atoms with van der Waals surface area (Å²) in [6, 6.07) is 9.27. The molecule has 0 aliphatic carbocycles. The van der Waals surface area contributed by atoms with E-state index >= 15 is 0 Å². The summed E-state index contributed by atoms with van der Waals surface area (Å²) in [4.78, 5) is 14.9. The van der Waals surface area contributed by atoms with Gasteiger partial charge in [-0.3, -0.25) is 4.79 Å². The maximum absolute atomic E-state index is 10.6. The number of aromatic nitrogens is 1. The van der Waals surface area contributed by atoms with Crippen molar-refractivity contribution in [2.24, 2.45) is 5.73 Å². The maximum Gasteiger partial charge on any atom is 0.241 e. The van der Waals surface area contributed by atoms with Crippen LogP contribution in [0, 0.1) is 0 Å². The lowest BCUT2D eigenvalue weighted by atomic mass is 10.2. The summed E-state index contributed by atoms with van der Waals surface area (Å²) in [5.74, 6) is -0.499. The number of nitrogens with zero attached hydrogens (tertiary/aromatic N) is 1. The Morgan fingerprint density at radius 2 is 2.12 bits per heavy atom. The first-order chi connectivity index (χ1) is 7.66. The molecule has 0 spiro atoms. The zero-order chi connectivity index (χ0) is 11.5. The van der Waals surface area contributed by atoms with Gasteiger partial charge in [-0.25, -0.2) is 4.98 Å². The minimum Gasteiger partial charge on any atom is -0.366 e. The third-order valence-electron chi connectivity index (χ3n) is 2.11. The second-order valence-electron chi connectivity index (χ2n) is 3.28. The topological polar surface area (TPSA) is 56.0 Å². The molecule has 0 aliphatic heterocycles. The molecule has 4 heteroatoms. The number of hydrogen-bond acceptors (Lipinski definition) is 2. The van der Waals surface area contributed by atoms with E-state index in [4.69, 9.17) is 17.3 Å². The highest BCUT2D eigenvalue weighted by molar-refractivity contribution is 6.35. The van der Waals surface area contributed by atoms with E-state index < -0.39 is 5.91 Å². The maximum atomic E-state index is 10.6. The van der Waals surface area contributed by atoms with Crippen LogP contribution in [-0.4, -0.2) is 10.9 Å².